The Hall–Kier alpha value is -0.300. The Labute approximate surface area is 81.8 Å². The van der Waals surface area contributed by atoms with E-state index in [1.54, 1.807) is 0 Å². The molecular formula is C12H21N. The van der Waals surface area contributed by atoms with Gasteiger partial charge in [0.1, 0.15) is 0 Å². The van der Waals surface area contributed by atoms with Crippen molar-refractivity contribution in [2.75, 3.05) is 13.1 Å². The van der Waals surface area contributed by atoms with Crippen molar-refractivity contribution >= 4 is 0 Å². The van der Waals surface area contributed by atoms with Crippen molar-refractivity contribution in [1.82, 2.24) is 4.90 Å². The zero-order valence-electron chi connectivity index (χ0n) is 9.19. The SMILES string of the molecule is C=C1CN2CCCC12CC(C)(C)C. The Kier molecular flexibility index (Phi) is 1.85. The van der Waals surface area contributed by atoms with Gasteiger partial charge in [-0.3, -0.25) is 4.90 Å². The Morgan fingerprint density at radius 3 is 2.62 bits per heavy atom. The lowest BCUT2D eigenvalue weighted by Gasteiger charge is -2.53. The van der Waals surface area contributed by atoms with Crippen LogP contribution in [0, 0.1) is 5.41 Å². The first-order valence-corrected chi connectivity index (χ1v) is 5.37. The predicted octanol–water partition coefficient (Wildman–Crippen LogP) is 2.83. The summed E-state index contributed by atoms with van der Waals surface area (Å²) in [6, 6.07) is 0. The smallest absolute Gasteiger partial charge is 0.0439 e. The number of hydrogen-bond acceptors (Lipinski definition) is 1. The molecule has 0 N–H and O–H groups in total. The summed E-state index contributed by atoms with van der Waals surface area (Å²) in [4.78, 5) is 2.63. The Morgan fingerprint density at radius 2 is 2.15 bits per heavy atom. The normalized spacial score (nSPS) is 34.5. The highest BCUT2D eigenvalue weighted by Gasteiger charge is 2.52. The van der Waals surface area contributed by atoms with E-state index >= 15 is 0 Å². The van der Waals surface area contributed by atoms with Crippen LogP contribution in [0.15, 0.2) is 12.2 Å². The molecule has 2 saturated heterocycles. The highest BCUT2D eigenvalue weighted by atomic mass is 15.3. The summed E-state index contributed by atoms with van der Waals surface area (Å²) in [7, 11) is 0. The summed E-state index contributed by atoms with van der Waals surface area (Å²) < 4.78 is 0. The van der Waals surface area contributed by atoms with Gasteiger partial charge in [-0.15, -0.1) is 0 Å². The van der Waals surface area contributed by atoms with Crippen LogP contribution < -0.4 is 0 Å². The molecule has 0 amide bonds. The monoisotopic (exact) mass is 179 g/mol. The lowest BCUT2D eigenvalue weighted by Crippen LogP contribution is -2.59. The molecule has 0 aromatic heterocycles. The van der Waals surface area contributed by atoms with Crippen molar-refractivity contribution in [3.63, 3.8) is 0 Å². The van der Waals surface area contributed by atoms with Crippen molar-refractivity contribution < 1.29 is 0 Å². The van der Waals surface area contributed by atoms with E-state index < -0.39 is 0 Å². The van der Waals surface area contributed by atoms with E-state index in [9.17, 15) is 0 Å². The van der Waals surface area contributed by atoms with E-state index in [1.165, 1.54) is 31.4 Å². The first-order valence-electron chi connectivity index (χ1n) is 5.37. The first kappa shape index (κ1) is 9.26. The van der Waals surface area contributed by atoms with Gasteiger partial charge >= 0.3 is 0 Å². The fourth-order valence-electron chi connectivity index (χ4n) is 3.05. The maximum atomic E-state index is 4.22. The predicted molar refractivity (Wildman–Crippen MR) is 56.8 cm³/mol. The summed E-state index contributed by atoms with van der Waals surface area (Å²) in [6.07, 6.45) is 4.01. The van der Waals surface area contributed by atoms with Gasteiger partial charge in [0.15, 0.2) is 0 Å². The van der Waals surface area contributed by atoms with Gasteiger partial charge in [0.05, 0.1) is 0 Å². The van der Waals surface area contributed by atoms with Gasteiger partial charge in [0.2, 0.25) is 0 Å². The third-order valence-corrected chi connectivity index (χ3v) is 3.49. The van der Waals surface area contributed by atoms with Gasteiger partial charge in [-0.2, -0.15) is 0 Å². The molecule has 0 bridgehead atoms. The second-order valence-electron chi connectivity index (χ2n) is 5.90. The van der Waals surface area contributed by atoms with Crippen LogP contribution in [0.4, 0.5) is 0 Å². The lowest BCUT2D eigenvalue weighted by molar-refractivity contribution is 0.0619. The summed E-state index contributed by atoms with van der Waals surface area (Å²) in [6.45, 7) is 13.7. The maximum Gasteiger partial charge on any atom is 0.0439 e. The second kappa shape index (κ2) is 2.60. The lowest BCUT2D eigenvalue weighted by atomic mass is 9.70. The van der Waals surface area contributed by atoms with E-state index in [2.05, 4.69) is 32.3 Å². The van der Waals surface area contributed by atoms with Crippen molar-refractivity contribution in [2.45, 2.75) is 45.6 Å². The summed E-state index contributed by atoms with van der Waals surface area (Å²) in [5.41, 5.74) is 2.34. The summed E-state index contributed by atoms with van der Waals surface area (Å²) in [5.74, 6) is 0. The zero-order chi connectivity index (χ0) is 9.69. The van der Waals surface area contributed by atoms with Crippen molar-refractivity contribution in [3.8, 4) is 0 Å². The van der Waals surface area contributed by atoms with E-state index in [1.807, 2.05) is 0 Å². The van der Waals surface area contributed by atoms with Gasteiger partial charge in [-0.05, 0) is 36.8 Å². The third kappa shape index (κ3) is 1.34. The van der Waals surface area contributed by atoms with Crippen molar-refractivity contribution in [1.29, 1.82) is 0 Å². The molecule has 0 radical (unpaired) electrons. The number of nitrogens with zero attached hydrogens (tertiary/aromatic N) is 1. The van der Waals surface area contributed by atoms with Crippen LogP contribution in [0.25, 0.3) is 0 Å². The standard InChI is InChI=1S/C12H21N/c1-10-8-13-7-5-6-12(10,13)9-11(2,3)4/h1,5-9H2,2-4H3. The molecule has 2 aliphatic heterocycles. The molecule has 0 aliphatic carbocycles. The third-order valence-electron chi connectivity index (χ3n) is 3.49. The molecule has 1 unspecified atom stereocenters. The topological polar surface area (TPSA) is 3.24 Å². The average molecular weight is 179 g/mol. The fourth-order valence-corrected chi connectivity index (χ4v) is 3.05. The molecule has 1 nitrogen and oxygen atoms in total. The Bertz CT molecular complexity index is 236. The Balaban J connectivity index is 2.14. The molecular weight excluding hydrogens is 158 g/mol. The van der Waals surface area contributed by atoms with Gasteiger partial charge in [0.25, 0.3) is 0 Å². The largest absolute Gasteiger partial charge is 0.290 e. The minimum absolute atomic E-state index is 0.415. The molecule has 2 fully saturated rings. The minimum atomic E-state index is 0.415. The van der Waals surface area contributed by atoms with Crippen LogP contribution in [0.3, 0.4) is 0 Å². The molecule has 0 spiro atoms. The maximum absolute atomic E-state index is 4.22. The van der Waals surface area contributed by atoms with Crippen LogP contribution in [-0.2, 0) is 0 Å². The van der Waals surface area contributed by atoms with Crippen LogP contribution in [0.5, 0.6) is 0 Å². The molecule has 0 saturated carbocycles. The average Bonchev–Trinajstić information content (AvgIpc) is 2.26. The van der Waals surface area contributed by atoms with Crippen LogP contribution in [0.2, 0.25) is 0 Å². The van der Waals surface area contributed by atoms with Gasteiger partial charge in [0, 0.05) is 12.1 Å². The molecule has 0 aromatic rings. The molecule has 13 heavy (non-hydrogen) atoms. The summed E-state index contributed by atoms with van der Waals surface area (Å²) in [5, 5.41) is 0. The van der Waals surface area contributed by atoms with Gasteiger partial charge in [-0.1, -0.05) is 27.4 Å². The quantitative estimate of drug-likeness (QED) is 0.559. The molecule has 0 aromatic carbocycles. The fraction of sp³-hybridized carbons (Fsp3) is 0.833. The van der Waals surface area contributed by atoms with E-state index in [0.717, 1.165) is 6.54 Å². The van der Waals surface area contributed by atoms with E-state index in [4.69, 9.17) is 0 Å². The number of rotatable bonds is 1. The molecule has 2 rings (SSSR count). The summed E-state index contributed by atoms with van der Waals surface area (Å²) >= 11 is 0. The highest BCUT2D eigenvalue weighted by Crippen LogP contribution is 2.49. The van der Waals surface area contributed by atoms with Crippen molar-refractivity contribution in [2.24, 2.45) is 5.41 Å². The Morgan fingerprint density at radius 1 is 1.46 bits per heavy atom. The van der Waals surface area contributed by atoms with Crippen molar-refractivity contribution in [3.05, 3.63) is 12.2 Å². The van der Waals surface area contributed by atoms with Crippen LogP contribution in [0.1, 0.15) is 40.0 Å². The highest BCUT2D eigenvalue weighted by molar-refractivity contribution is 5.31. The molecule has 2 aliphatic rings. The van der Waals surface area contributed by atoms with Gasteiger partial charge in [-0.25, -0.2) is 0 Å². The molecule has 1 heteroatoms. The number of fused-ring (bicyclic) bond motifs is 1. The second-order valence-corrected chi connectivity index (χ2v) is 5.90. The first-order chi connectivity index (χ1) is 5.94. The van der Waals surface area contributed by atoms with Gasteiger partial charge < -0.3 is 0 Å². The van der Waals surface area contributed by atoms with E-state index in [0.29, 0.717) is 11.0 Å². The van der Waals surface area contributed by atoms with Crippen LogP contribution >= 0.6 is 0 Å². The molecule has 74 valence electrons. The minimum Gasteiger partial charge on any atom is -0.290 e. The van der Waals surface area contributed by atoms with Crippen LogP contribution in [-0.4, -0.2) is 23.5 Å². The molecule has 2 heterocycles. The molecule has 1 atom stereocenters. The number of hydrogen-bond donors (Lipinski definition) is 0. The van der Waals surface area contributed by atoms with E-state index in [-0.39, 0.29) is 0 Å². The zero-order valence-corrected chi connectivity index (χ0v) is 9.19.